The molecule has 1 heterocycles. The molecule has 70 valence electrons. The van der Waals surface area contributed by atoms with Gasteiger partial charge in [-0.2, -0.15) is 0 Å². The Morgan fingerprint density at radius 1 is 1.46 bits per heavy atom. The second-order valence-corrected chi connectivity index (χ2v) is 4.94. The molecule has 1 aromatic heterocycles. The number of ketones is 1. The van der Waals surface area contributed by atoms with Crippen LogP contribution in [0, 0.1) is 5.41 Å². The Labute approximate surface area is 83.1 Å². The highest BCUT2D eigenvalue weighted by molar-refractivity contribution is 7.10. The standard InChI is InChI=1S/C11H14OS/c1-11(2,3)10(12)7-6-9-5-4-8-13-9/h4-8H,1-3H3/b7-6-. The van der Waals surface area contributed by atoms with Crippen LogP contribution in [0.15, 0.2) is 23.6 Å². The fourth-order valence-corrected chi connectivity index (χ4v) is 1.41. The topological polar surface area (TPSA) is 17.1 Å². The first kappa shape index (κ1) is 10.2. The highest BCUT2D eigenvalue weighted by Crippen LogP contribution is 2.17. The van der Waals surface area contributed by atoms with Crippen LogP contribution in [0.5, 0.6) is 0 Å². The number of rotatable bonds is 2. The summed E-state index contributed by atoms with van der Waals surface area (Å²) in [4.78, 5) is 12.6. The van der Waals surface area contributed by atoms with E-state index in [0.29, 0.717) is 0 Å². The van der Waals surface area contributed by atoms with Crippen molar-refractivity contribution in [2.24, 2.45) is 5.41 Å². The van der Waals surface area contributed by atoms with Crippen molar-refractivity contribution in [3.05, 3.63) is 28.5 Å². The van der Waals surface area contributed by atoms with Gasteiger partial charge in [0.2, 0.25) is 0 Å². The lowest BCUT2D eigenvalue weighted by Crippen LogP contribution is -2.17. The first-order valence-electron chi connectivity index (χ1n) is 4.26. The molecule has 0 amide bonds. The molecule has 0 aliphatic heterocycles. The lowest BCUT2D eigenvalue weighted by molar-refractivity contribution is -0.121. The second kappa shape index (κ2) is 3.88. The summed E-state index contributed by atoms with van der Waals surface area (Å²) >= 11 is 1.64. The van der Waals surface area contributed by atoms with E-state index < -0.39 is 0 Å². The van der Waals surface area contributed by atoms with Crippen molar-refractivity contribution in [3.8, 4) is 0 Å². The maximum atomic E-state index is 11.5. The summed E-state index contributed by atoms with van der Waals surface area (Å²) in [6.45, 7) is 5.77. The summed E-state index contributed by atoms with van der Waals surface area (Å²) in [5.74, 6) is 0.168. The summed E-state index contributed by atoms with van der Waals surface area (Å²) in [6, 6.07) is 3.98. The van der Waals surface area contributed by atoms with E-state index in [2.05, 4.69) is 0 Å². The first-order valence-corrected chi connectivity index (χ1v) is 5.14. The highest BCUT2D eigenvalue weighted by atomic mass is 32.1. The van der Waals surface area contributed by atoms with Gasteiger partial charge in [0.25, 0.3) is 0 Å². The normalized spacial score (nSPS) is 12.2. The Morgan fingerprint density at radius 3 is 2.62 bits per heavy atom. The van der Waals surface area contributed by atoms with Gasteiger partial charge in [0.05, 0.1) is 0 Å². The van der Waals surface area contributed by atoms with E-state index in [-0.39, 0.29) is 11.2 Å². The number of carbonyl (C=O) groups is 1. The summed E-state index contributed by atoms with van der Waals surface area (Å²) in [7, 11) is 0. The highest BCUT2D eigenvalue weighted by Gasteiger charge is 2.17. The number of thiophene rings is 1. The zero-order valence-corrected chi connectivity index (χ0v) is 9.02. The molecule has 1 rings (SSSR count). The summed E-state index contributed by atoms with van der Waals surface area (Å²) in [5.41, 5.74) is -0.270. The molecule has 1 aromatic rings. The maximum Gasteiger partial charge on any atom is 0.161 e. The predicted octanol–water partition coefficient (Wildman–Crippen LogP) is 3.38. The SMILES string of the molecule is CC(C)(C)C(=O)/C=C\c1cccs1. The Bertz CT molecular complexity index is 301. The lowest BCUT2D eigenvalue weighted by Gasteiger charge is -2.12. The van der Waals surface area contributed by atoms with Gasteiger partial charge in [0.15, 0.2) is 5.78 Å². The van der Waals surface area contributed by atoms with Crippen LogP contribution >= 0.6 is 11.3 Å². The van der Waals surface area contributed by atoms with Gasteiger partial charge in [-0.25, -0.2) is 0 Å². The number of hydrogen-bond acceptors (Lipinski definition) is 2. The molecular weight excluding hydrogens is 180 g/mol. The molecule has 0 unspecified atom stereocenters. The Kier molecular flexibility index (Phi) is 3.04. The van der Waals surface area contributed by atoms with Crippen LogP contribution in [-0.2, 0) is 4.79 Å². The minimum absolute atomic E-state index is 0.168. The van der Waals surface area contributed by atoms with Crippen molar-refractivity contribution in [3.63, 3.8) is 0 Å². The van der Waals surface area contributed by atoms with Crippen molar-refractivity contribution >= 4 is 23.2 Å². The Morgan fingerprint density at radius 2 is 2.15 bits per heavy atom. The van der Waals surface area contributed by atoms with Crippen LogP contribution in [0.4, 0.5) is 0 Å². The van der Waals surface area contributed by atoms with E-state index in [9.17, 15) is 4.79 Å². The molecule has 0 atom stereocenters. The number of allylic oxidation sites excluding steroid dienone is 1. The Hall–Kier alpha value is -0.890. The molecular formula is C11H14OS. The Balaban J connectivity index is 2.65. The molecule has 0 N–H and O–H groups in total. The molecule has 1 nitrogen and oxygen atoms in total. The molecule has 0 aliphatic rings. The maximum absolute atomic E-state index is 11.5. The summed E-state index contributed by atoms with van der Waals surface area (Å²) in [5, 5.41) is 2.00. The number of hydrogen-bond donors (Lipinski definition) is 0. The average molecular weight is 194 g/mol. The zero-order chi connectivity index (χ0) is 9.90. The van der Waals surface area contributed by atoms with Gasteiger partial charge in [-0.05, 0) is 23.6 Å². The molecule has 0 fully saturated rings. The fraction of sp³-hybridized carbons (Fsp3) is 0.364. The van der Waals surface area contributed by atoms with Crippen molar-refractivity contribution in [2.45, 2.75) is 20.8 Å². The molecule has 0 bridgehead atoms. The minimum atomic E-state index is -0.270. The quantitative estimate of drug-likeness (QED) is 0.660. The van der Waals surface area contributed by atoms with E-state index in [1.54, 1.807) is 17.4 Å². The third-order valence-corrected chi connectivity index (χ3v) is 2.52. The predicted molar refractivity (Wildman–Crippen MR) is 57.8 cm³/mol. The summed E-state index contributed by atoms with van der Waals surface area (Å²) < 4.78 is 0. The van der Waals surface area contributed by atoms with Crippen molar-refractivity contribution in [2.75, 3.05) is 0 Å². The molecule has 2 heteroatoms. The summed E-state index contributed by atoms with van der Waals surface area (Å²) in [6.07, 6.45) is 3.53. The monoisotopic (exact) mass is 194 g/mol. The van der Waals surface area contributed by atoms with E-state index in [1.165, 1.54) is 0 Å². The lowest BCUT2D eigenvalue weighted by atomic mass is 9.91. The molecule has 13 heavy (non-hydrogen) atoms. The van der Waals surface area contributed by atoms with Crippen LogP contribution in [0.25, 0.3) is 6.08 Å². The molecule has 0 radical (unpaired) electrons. The van der Waals surface area contributed by atoms with Crippen LogP contribution in [0.3, 0.4) is 0 Å². The van der Waals surface area contributed by atoms with Gasteiger partial charge in [-0.1, -0.05) is 26.8 Å². The van der Waals surface area contributed by atoms with Crippen LogP contribution in [0.2, 0.25) is 0 Å². The van der Waals surface area contributed by atoms with E-state index in [4.69, 9.17) is 0 Å². The third-order valence-electron chi connectivity index (χ3n) is 1.68. The van der Waals surface area contributed by atoms with E-state index in [0.717, 1.165) is 4.88 Å². The fourth-order valence-electron chi connectivity index (χ4n) is 0.794. The van der Waals surface area contributed by atoms with Gasteiger partial charge in [-0.15, -0.1) is 11.3 Å². The zero-order valence-electron chi connectivity index (χ0n) is 8.20. The van der Waals surface area contributed by atoms with Gasteiger partial charge in [0, 0.05) is 10.3 Å². The molecule has 0 saturated carbocycles. The van der Waals surface area contributed by atoms with Crippen molar-refractivity contribution in [1.29, 1.82) is 0 Å². The largest absolute Gasteiger partial charge is 0.294 e. The van der Waals surface area contributed by atoms with Gasteiger partial charge in [0.1, 0.15) is 0 Å². The van der Waals surface area contributed by atoms with E-state index >= 15 is 0 Å². The average Bonchev–Trinajstić information content (AvgIpc) is 2.50. The van der Waals surface area contributed by atoms with Gasteiger partial charge >= 0.3 is 0 Å². The third kappa shape index (κ3) is 3.15. The van der Waals surface area contributed by atoms with Crippen molar-refractivity contribution < 1.29 is 4.79 Å². The molecule has 0 aliphatic carbocycles. The van der Waals surface area contributed by atoms with Gasteiger partial charge in [-0.3, -0.25) is 4.79 Å². The van der Waals surface area contributed by atoms with Crippen LogP contribution < -0.4 is 0 Å². The van der Waals surface area contributed by atoms with E-state index in [1.807, 2.05) is 44.4 Å². The van der Waals surface area contributed by atoms with Crippen LogP contribution in [-0.4, -0.2) is 5.78 Å². The number of carbonyl (C=O) groups excluding carboxylic acids is 1. The second-order valence-electron chi connectivity index (χ2n) is 3.96. The van der Waals surface area contributed by atoms with Crippen molar-refractivity contribution in [1.82, 2.24) is 0 Å². The van der Waals surface area contributed by atoms with Gasteiger partial charge < -0.3 is 0 Å². The molecule has 0 saturated heterocycles. The molecule has 0 spiro atoms. The minimum Gasteiger partial charge on any atom is -0.294 e. The smallest absolute Gasteiger partial charge is 0.161 e. The van der Waals surface area contributed by atoms with Crippen LogP contribution in [0.1, 0.15) is 25.6 Å². The molecule has 0 aromatic carbocycles. The first-order chi connectivity index (χ1) is 6.00.